The highest BCUT2D eigenvalue weighted by atomic mass is 16.5. The van der Waals surface area contributed by atoms with Crippen LogP contribution in [0.15, 0.2) is 90.3 Å². The van der Waals surface area contributed by atoms with Crippen LogP contribution in [0.2, 0.25) is 0 Å². The van der Waals surface area contributed by atoms with Gasteiger partial charge in [-0.2, -0.15) is 0 Å². The average molecular weight is 502 g/mol. The highest BCUT2D eigenvalue weighted by Crippen LogP contribution is 2.14. The van der Waals surface area contributed by atoms with Crippen molar-refractivity contribution in [1.82, 2.24) is 5.32 Å². The maximum Gasteiger partial charge on any atom is 0.326 e. The Morgan fingerprint density at radius 2 is 2.03 bits per heavy atom. The molecule has 37 heavy (non-hydrogen) atoms. The minimum atomic E-state index is -1.02. The van der Waals surface area contributed by atoms with Crippen molar-refractivity contribution < 1.29 is 24.2 Å². The summed E-state index contributed by atoms with van der Waals surface area (Å²) in [5, 5.41) is 13.2. The summed E-state index contributed by atoms with van der Waals surface area (Å²) in [6.45, 7) is 8.59. The number of carboxylic acids is 1. The number of benzene rings is 2. The second-order valence-corrected chi connectivity index (χ2v) is 8.47. The van der Waals surface area contributed by atoms with Gasteiger partial charge < -0.3 is 19.9 Å². The van der Waals surface area contributed by atoms with E-state index in [-0.39, 0.29) is 0 Å². The van der Waals surface area contributed by atoms with Gasteiger partial charge in [-0.05, 0) is 60.1 Å². The molecular weight excluding hydrogens is 466 g/mol. The van der Waals surface area contributed by atoms with Crippen LogP contribution in [-0.2, 0) is 20.9 Å². The fourth-order valence-electron chi connectivity index (χ4n) is 3.38. The van der Waals surface area contributed by atoms with E-state index in [1.54, 1.807) is 7.11 Å². The summed E-state index contributed by atoms with van der Waals surface area (Å²) < 4.78 is 11.0. The number of aliphatic carboxylic acids is 1. The fraction of sp³-hybridized carbons (Fsp3) is 0.226. The summed E-state index contributed by atoms with van der Waals surface area (Å²) in [5.74, 6) is 0.684. The number of allylic oxidation sites excluding steroid dienone is 7. The molecule has 0 aliphatic heterocycles. The third-order valence-electron chi connectivity index (χ3n) is 5.46. The highest BCUT2D eigenvalue weighted by molar-refractivity contribution is 5.76. The molecule has 1 aliphatic rings. The quantitative estimate of drug-likeness (QED) is 0.374. The standard InChI is InChI=1S/C20H22O2.C11H13NO3/c1-15-8-9-16(2)19(12-15)11-10-17(3)22-14-18-6-5-7-20(13-18)21-4;13-8-12-10(11(14)15)7-9-5-3-1-2-4-6-9/h5-13H,2,14H2,1,3-4H3;1,3-6,8,10H,2,7H2,(H,12,13)(H,14,15)/b17-10+,19-11-;. The van der Waals surface area contributed by atoms with Crippen molar-refractivity contribution in [2.45, 2.75) is 39.3 Å². The second-order valence-electron chi connectivity index (χ2n) is 8.47. The van der Waals surface area contributed by atoms with E-state index in [1.165, 1.54) is 5.56 Å². The first-order valence-corrected chi connectivity index (χ1v) is 12.0. The zero-order valence-electron chi connectivity index (χ0n) is 21.6. The van der Waals surface area contributed by atoms with Gasteiger partial charge in [-0.25, -0.2) is 4.79 Å². The van der Waals surface area contributed by atoms with Crippen LogP contribution in [0, 0.1) is 6.92 Å². The lowest BCUT2D eigenvalue weighted by Crippen LogP contribution is -2.35. The van der Waals surface area contributed by atoms with Crippen LogP contribution in [0.25, 0.3) is 12.7 Å². The number of methoxy groups -OCH3 is 1. The van der Waals surface area contributed by atoms with Crippen molar-refractivity contribution in [3.8, 4) is 5.75 Å². The summed E-state index contributed by atoms with van der Waals surface area (Å²) in [4.78, 5) is 21.0. The molecule has 0 aromatic heterocycles. The summed E-state index contributed by atoms with van der Waals surface area (Å²) >= 11 is 0. The Morgan fingerprint density at radius 3 is 2.76 bits per heavy atom. The summed E-state index contributed by atoms with van der Waals surface area (Å²) in [5.41, 5.74) is 3.20. The fourth-order valence-corrected chi connectivity index (χ4v) is 3.38. The van der Waals surface area contributed by atoms with E-state index in [4.69, 9.17) is 14.6 Å². The van der Waals surface area contributed by atoms with Gasteiger partial charge in [0.15, 0.2) is 0 Å². The molecular formula is C31H35NO5. The van der Waals surface area contributed by atoms with Crippen molar-refractivity contribution in [3.63, 3.8) is 0 Å². The Hall–Kier alpha value is -4.32. The van der Waals surface area contributed by atoms with Crippen LogP contribution in [-0.4, -0.2) is 30.6 Å². The van der Waals surface area contributed by atoms with Gasteiger partial charge in [0.1, 0.15) is 18.4 Å². The van der Waals surface area contributed by atoms with Crippen molar-refractivity contribution >= 4 is 25.0 Å². The maximum absolute atomic E-state index is 10.8. The van der Waals surface area contributed by atoms with E-state index < -0.39 is 12.0 Å². The Morgan fingerprint density at radius 1 is 1.22 bits per heavy atom. The topological polar surface area (TPSA) is 84.9 Å². The Labute approximate surface area is 218 Å². The van der Waals surface area contributed by atoms with E-state index >= 15 is 0 Å². The summed E-state index contributed by atoms with van der Waals surface area (Å²) in [6, 6.07) is 13.2. The lowest BCUT2D eigenvalue weighted by atomic mass is 10.1. The molecule has 2 N–H and O–H groups in total. The lowest BCUT2D eigenvalue weighted by Gasteiger charge is -2.10. The molecule has 0 radical (unpaired) electrons. The number of nitrogens with one attached hydrogen (secondary N) is 1. The third-order valence-corrected chi connectivity index (χ3v) is 5.46. The SMILES string of the molecule is C=c1ccc(C)c/c1=C/C=C(\C)OCc1cccc(OC)c1.O=CNC(CC1=CC=CCC=C1)C(=O)O. The van der Waals surface area contributed by atoms with Crippen LogP contribution in [0.4, 0.5) is 0 Å². The predicted octanol–water partition coefficient (Wildman–Crippen LogP) is 4.33. The number of hydrogen-bond acceptors (Lipinski definition) is 4. The molecule has 0 bridgehead atoms. The molecule has 0 spiro atoms. The van der Waals surface area contributed by atoms with Gasteiger partial charge in [0.25, 0.3) is 0 Å². The van der Waals surface area contributed by atoms with Gasteiger partial charge in [-0.1, -0.05) is 78.9 Å². The molecule has 6 heteroatoms. The largest absolute Gasteiger partial charge is 0.497 e. The molecule has 3 rings (SSSR count). The van der Waals surface area contributed by atoms with Crippen LogP contribution < -0.4 is 20.5 Å². The summed E-state index contributed by atoms with van der Waals surface area (Å²) in [7, 11) is 1.66. The lowest BCUT2D eigenvalue weighted by molar-refractivity contribution is -0.140. The van der Waals surface area contributed by atoms with E-state index in [0.29, 0.717) is 19.4 Å². The van der Waals surface area contributed by atoms with Gasteiger partial charge in [-0.3, -0.25) is 4.79 Å². The minimum absolute atomic E-state index is 0.301. The summed E-state index contributed by atoms with van der Waals surface area (Å²) in [6.07, 6.45) is 15.1. The smallest absolute Gasteiger partial charge is 0.326 e. The monoisotopic (exact) mass is 501 g/mol. The molecule has 1 atom stereocenters. The number of rotatable bonds is 10. The van der Waals surface area contributed by atoms with Crippen molar-refractivity contribution in [3.05, 3.63) is 112 Å². The molecule has 0 heterocycles. The molecule has 6 nitrogen and oxygen atoms in total. The molecule has 0 fully saturated rings. The van der Waals surface area contributed by atoms with E-state index in [1.807, 2.05) is 79.8 Å². The first-order chi connectivity index (χ1) is 17.8. The van der Waals surface area contributed by atoms with Gasteiger partial charge in [0, 0.05) is 6.42 Å². The number of amides is 1. The number of carbonyl (C=O) groups excluding carboxylic acids is 1. The van der Waals surface area contributed by atoms with Crippen LogP contribution in [0.5, 0.6) is 5.75 Å². The Kier molecular flexibility index (Phi) is 12.2. The Balaban J connectivity index is 0.000000281. The maximum atomic E-state index is 10.8. The van der Waals surface area contributed by atoms with Gasteiger partial charge >= 0.3 is 5.97 Å². The Bertz CT molecular complexity index is 1290. The molecule has 1 unspecified atom stereocenters. The molecule has 0 saturated carbocycles. The second kappa shape index (κ2) is 15.6. The number of carboxylic acid groups (broad SMARTS) is 1. The molecule has 0 saturated heterocycles. The van der Waals surface area contributed by atoms with E-state index in [9.17, 15) is 9.59 Å². The number of carbonyl (C=O) groups is 2. The molecule has 194 valence electrons. The van der Waals surface area contributed by atoms with Crippen molar-refractivity contribution in [2.75, 3.05) is 7.11 Å². The molecule has 2 aromatic carbocycles. The minimum Gasteiger partial charge on any atom is -0.497 e. The first kappa shape index (κ1) is 28.9. The molecule has 2 aromatic rings. The predicted molar refractivity (Wildman–Crippen MR) is 148 cm³/mol. The normalized spacial score (nSPS) is 14.0. The molecule has 1 aliphatic carbocycles. The first-order valence-electron chi connectivity index (χ1n) is 12.0. The molecule has 1 amide bonds. The van der Waals surface area contributed by atoms with E-state index in [2.05, 4.69) is 31.0 Å². The van der Waals surface area contributed by atoms with Crippen molar-refractivity contribution in [2.24, 2.45) is 0 Å². The number of ether oxygens (including phenoxy) is 2. The highest BCUT2D eigenvalue weighted by Gasteiger charge is 2.16. The van der Waals surface area contributed by atoms with Gasteiger partial charge in [0.2, 0.25) is 6.41 Å². The zero-order valence-corrected chi connectivity index (χ0v) is 21.6. The van der Waals surface area contributed by atoms with E-state index in [0.717, 1.165) is 39.5 Å². The van der Waals surface area contributed by atoms with Crippen LogP contribution in [0.1, 0.15) is 30.9 Å². The van der Waals surface area contributed by atoms with Gasteiger partial charge in [-0.15, -0.1) is 0 Å². The van der Waals surface area contributed by atoms with Crippen molar-refractivity contribution in [1.29, 1.82) is 0 Å². The number of hydrogen-bond donors (Lipinski definition) is 2. The van der Waals surface area contributed by atoms with Gasteiger partial charge in [0.05, 0.1) is 12.9 Å². The zero-order chi connectivity index (χ0) is 27.0. The number of aryl methyl sites for hydroxylation is 1. The van der Waals surface area contributed by atoms with Crippen LogP contribution in [0.3, 0.4) is 0 Å². The average Bonchev–Trinajstić information content (AvgIpc) is 3.17. The third kappa shape index (κ3) is 10.9. The van der Waals surface area contributed by atoms with Crippen LogP contribution >= 0.6 is 0 Å².